The Kier molecular flexibility index (Phi) is 4.20. The van der Waals surface area contributed by atoms with Crippen molar-refractivity contribution in [3.05, 3.63) is 23.8 Å². The molecule has 0 saturated heterocycles. The Balaban J connectivity index is 2.17. The zero-order chi connectivity index (χ0) is 13.8. The summed E-state index contributed by atoms with van der Waals surface area (Å²) in [4.78, 5) is 25.4. The average molecular weight is 261 g/mol. The van der Waals surface area contributed by atoms with Crippen LogP contribution in [0.1, 0.15) is 43.0 Å². The van der Waals surface area contributed by atoms with Crippen LogP contribution in [-0.4, -0.2) is 25.3 Å². The summed E-state index contributed by atoms with van der Waals surface area (Å²) in [7, 11) is 1.58. The highest BCUT2D eigenvalue weighted by Gasteiger charge is 2.35. The van der Waals surface area contributed by atoms with Crippen LogP contribution < -0.4 is 9.64 Å². The first-order chi connectivity index (χ1) is 9.19. The van der Waals surface area contributed by atoms with Gasteiger partial charge in [-0.2, -0.15) is 0 Å². The Morgan fingerprint density at radius 2 is 1.95 bits per heavy atom. The fourth-order valence-electron chi connectivity index (χ4n) is 2.32. The molecule has 19 heavy (non-hydrogen) atoms. The van der Waals surface area contributed by atoms with Crippen molar-refractivity contribution < 1.29 is 14.3 Å². The molecule has 4 heteroatoms. The Morgan fingerprint density at radius 3 is 2.63 bits per heavy atom. The molecule has 1 aliphatic heterocycles. The van der Waals surface area contributed by atoms with Crippen molar-refractivity contribution in [1.82, 2.24) is 0 Å². The lowest BCUT2D eigenvalue weighted by Gasteiger charge is -2.16. The molecule has 0 fully saturated rings. The topological polar surface area (TPSA) is 46.6 Å². The molecule has 0 bridgehead atoms. The van der Waals surface area contributed by atoms with E-state index in [1.165, 1.54) is 0 Å². The molecule has 1 heterocycles. The molecule has 1 amide bonds. The van der Waals surface area contributed by atoms with Gasteiger partial charge in [0.25, 0.3) is 11.7 Å². The number of fused-ring (bicyclic) bond motifs is 1. The number of benzene rings is 1. The number of unbranched alkanes of at least 4 members (excludes halogenated alkanes) is 3. The molecule has 102 valence electrons. The van der Waals surface area contributed by atoms with Crippen LogP contribution in [0.15, 0.2) is 18.2 Å². The van der Waals surface area contributed by atoms with Gasteiger partial charge >= 0.3 is 0 Å². The largest absolute Gasteiger partial charge is 0.497 e. The number of hydrogen-bond donors (Lipinski definition) is 0. The van der Waals surface area contributed by atoms with E-state index in [4.69, 9.17) is 4.74 Å². The van der Waals surface area contributed by atoms with Gasteiger partial charge in [-0.25, -0.2) is 0 Å². The van der Waals surface area contributed by atoms with Crippen LogP contribution >= 0.6 is 0 Å². The lowest BCUT2D eigenvalue weighted by atomic mass is 10.1. The van der Waals surface area contributed by atoms with Gasteiger partial charge in [-0.05, 0) is 18.6 Å². The zero-order valence-corrected chi connectivity index (χ0v) is 11.4. The van der Waals surface area contributed by atoms with Gasteiger partial charge in [-0.3, -0.25) is 9.59 Å². The molecule has 0 unspecified atom stereocenters. The minimum absolute atomic E-state index is 0.409. The van der Waals surface area contributed by atoms with Crippen LogP contribution in [0.5, 0.6) is 5.75 Å². The van der Waals surface area contributed by atoms with E-state index < -0.39 is 11.7 Å². The van der Waals surface area contributed by atoms with Crippen molar-refractivity contribution in [1.29, 1.82) is 0 Å². The third-order valence-electron chi connectivity index (χ3n) is 3.41. The van der Waals surface area contributed by atoms with Gasteiger partial charge in [0, 0.05) is 12.6 Å². The van der Waals surface area contributed by atoms with Crippen LogP contribution in [0.4, 0.5) is 5.69 Å². The second kappa shape index (κ2) is 5.87. The quantitative estimate of drug-likeness (QED) is 0.584. The van der Waals surface area contributed by atoms with Gasteiger partial charge in [-0.15, -0.1) is 0 Å². The van der Waals surface area contributed by atoms with Gasteiger partial charge in [0.1, 0.15) is 5.75 Å². The molecule has 2 rings (SSSR count). The number of methoxy groups -OCH3 is 1. The zero-order valence-electron chi connectivity index (χ0n) is 11.4. The third-order valence-corrected chi connectivity index (χ3v) is 3.41. The summed E-state index contributed by atoms with van der Waals surface area (Å²) in [5, 5.41) is 0. The van der Waals surface area contributed by atoms with Crippen LogP contribution in [0, 0.1) is 0 Å². The second-order valence-electron chi connectivity index (χ2n) is 4.73. The Hall–Kier alpha value is -1.84. The van der Waals surface area contributed by atoms with Crippen molar-refractivity contribution in [3.8, 4) is 5.75 Å². The third kappa shape index (κ3) is 2.62. The van der Waals surface area contributed by atoms with E-state index in [1.54, 1.807) is 30.2 Å². The first-order valence-electron chi connectivity index (χ1n) is 6.73. The minimum atomic E-state index is -0.417. The van der Waals surface area contributed by atoms with E-state index in [0.717, 1.165) is 25.7 Å². The van der Waals surface area contributed by atoms with E-state index in [-0.39, 0.29) is 0 Å². The Labute approximate surface area is 113 Å². The fraction of sp³-hybridized carbons (Fsp3) is 0.467. The first kappa shape index (κ1) is 13.6. The number of nitrogens with zero attached hydrogens (tertiary/aromatic N) is 1. The second-order valence-corrected chi connectivity index (χ2v) is 4.73. The fourth-order valence-corrected chi connectivity index (χ4v) is 2.32. The van der Waals surface area contributed by atoms with E-state index in [2.05, 4.69) is 6.92 Å². The summed E-state index contributed by atoms with van der Waals surface area (Å²) in [6.45, 7) is 2.75. The SMILES string of the molecule is CCCCCCN1C(=O)C(=O)c2ccc(OC)cc21. The smallest absolute Gasteiger partial charge is 0.299 e. The van der Waals surface area contributed by atoms with Crippen LogP contribution in [0.3, 0.4) is 0 Å². The molecule has 0 aromatic heterocycles. The van der Waals surface area contributed by atoms with Crippen LogP contribution in [0.25, 0.3) is 0 Å². The van der Waals surface area contributed by atoms with Crippen molar-refractivity contribution in [3.63, 3.8) is 0 Å². The monoisotopic (exact) mass is 261 g/mol. The maximum atomic E-state index is 12.0. The van der Waals surface area contributed by atoms with Crippen molar-refractivity contribution >= 4 is 17.4 Å². The number of ether oxygens (including phenoxy) is 1. The molecular formula is C15H19NO3. The standard InChI is InChI=1S/C15H19NO3/c1-3-4-5-6-9-16-13-10-11(19-2)7-8-12(13)14(17)15(16)18/h7-8,10H,3-6,9H2,1-2H3. The summed E-state index contributed by atoms with van der Waals surface area (Å²) in [5.41, 5.74) is 1.17. The van der Waals surface area contributed by atoms with E-state index >= 15 is 0 Å². The van der Waals surface area contributed by atoms with Gasteiger partial charge in [0.2, 0.25) is 0 Å². The predicted octanol–water partition coefficient (Wildman–Crippen LogP) is 2.80. The Morgan fingerprint density at radius 1 is 1.16 bits per heavy atom. The molecule has 0 radical (unpaired) electrons. The van der Waals surface area contributed by atoms with Gasteiger partial charge < -0.3 is 9.64 Å². The summed E-state index contributed by atoms with van der Waals surface area (Å²) in [5.74, 6) is -0.160. The van der Waals surface area contributed by atoms with E-state index in [0.29, 0.717) is 23.5 Å². The summed E-state index contributed by atoms with van der Waals surface area (Å²) in [6, 6.07) is 5.14. The molecule has 0 N–H and O–H groups in total. The van der Waals surface area contributed by atoms with Gasteiger partial charge in [0.05, 0.1) is 18.4 Å². The summed E-state index contributed by atoms with van der Waals surface area (Å²) >= 11 is 0. The molecule has 1 aliphatic rings. The number of hydrogen-bond acceptors (Lipinski definition) is 3. The maximum Gasteiger partial charge on any atom is 0.299 e. The molecule has 0 atom stereocenters. The lowest BCUT2D eigenvalue weighted by Crippen LogP contribution is -2.30. The van der Waals surface area contributed by atoms with Crippen LogP contribution in [-0.2, 0) is 4.79 Å². The number of ketones is 1. The van der Waals surface area contributed by atoms with Gasteiger partial charge in [0.15, 0.2) is 0 Å². The van der Waals surface area contributed by atoms with Crippen molar-refractivity contribution in [2.45, 2.75) is 32.6 Å². The molecule has 0 aliphatic carbocycles. The molecule has 0 spiro atoms. The number of Topliss-reactive ketones (excluding diaryl/α,β-unsaturated/α-hetero) is 1. The highest BCUT2D eigenvalue weighted by molar-refractivity contribution is 6.52. The highest BCUT2D eigenvalue weighted by atomic mass is 16.5. The number of carbonyl (C=O) groups excluding carboxylic acids is 2. The number of anilines is 1. The predicted molar refractivity (Wildman–Crippen MR) is 73.8 cm³/mol. The van der Waals surface area contributed by atoms with Crippen molar-refractivity contribution in [2.75, 3.05) is 18.6 Å². The average Bonchev–Trinajstić information content (AvgIpc) is 2.67. The summed E-state index contributed by atoms with van der Waals surface area (Å²) < 4.78 is 5.15. The molecule has 1 aromatic rings. The lowest BCUT2D eigenvalue weighted by molar-refractivity contribution is -0.114. The van der Waals surface area contributed by atoms with Gasteiger partial charge in [-0.1, -0.05) is 26.2 Å². The maximum absolute atomic E-state index is 12.0. The Bertz CT molecular complexity index is 496. The molecule has 0 saturated carbocycles. The number of rotatable bonds is 6. The summed E-state index contributed by atoms with van der Waals surface area (Å²) in [6.07, 6.45) is 4.30. The number of carbonyl (C=O) groups is 2. The number of amides is 1. The van der Waals surface area contributed by atoms with Crippen LogP contribution in [0.2, 0.25) is 0 Å². The first-order valence-corrected chi connectivity index (χ1v) is 6.73. The molecular weight excluding hydrogens is 242 g/mol. The minimum Gasteiger partial charge on any atom is -0.497 e. The normalized spacial score (nSPS) is 13.9. The van der Waals surface area contributed by atoms with Crippen molar-refractivity contribution in [2.24, 2.45) is 0 Å². The molecule has 4 nitrogen and oxygen atoms in total. The van der Waals surface area contributed by atoms with E-state index in [1.807, 2.05) is 0 Å². The molecule has 1 aromatic carbocycles. The highest BCUT2D eigenvalue weighted by Crippen LogP contribution is 2.32. The van der Waals surface area contributed by atoms with E-state index in [9.17, 15) is 9.59 Å².